The second-order valence-electron chi connectivity index (χ2n) is 5.30. The summed E-state index contributed by atoms with van der Waals surface area (Å²) in [6, 6.07) is 14.6. The summed E-state index contributed by atoms with van der Waals surface area (Å²) in [5.41, 5.74) is 9.60. The number of urea groups is 1. The number of nitrogen functional groups attached to an aromatic ring is 1. The fourth-order valence-electron chi connectivity index (χ4n) is 2.76. The second-order valence-corrected chi connectivity index (χ2v) is 5.30. The summed E-state index contributed by atoms with van der Waals surface area (Å²) in [5, 5.41) is 14.6. The molecule has 0 spiro atoms. The van der Waals surface area contributed by atoms with Crippen LogP contribution in [0.25, 0.3) is 0 Å². The number of carbonyl (C=O) groups excluding carboxylic acids is 1. The van der Waals surface area contributed by atoms with Gasteiger partial charge in [0.25, 0.3) is 0 Å². The molecule has 2 aromatic carbocycles. The summed E-state index contributed by atoms with van der Waals surface area (Å²) in [6.45, 7) is 0. The predicted molar refractivity (Wildman–Crippen MR) is 85.2 cm³/mol. The smallest absolute Gasteiger partial charge is 0.319 e. The standard InChI is InChI=1S/C17H16N4O/c18-10-11-5-7-14(19)16(9-11)21-17(22)20-15-8-6-12-3-1-2-4-13(12)15/h1-5,7,9,15H,6,8,19H2,(H2,20,21,22). The molecule has 4 N–H and O–H groups in total. The molecular weight excluding hydrogens is 276 g/mol. The molecule has 0 heterocycles. The lowest BCUT2D eigenvalue weighted by Gasteiger charge is -2.15. The zero-order chi connectivity index (χ0) is 15.5. The number of anilines is 2. The van der Waals surface area contributed by atoms with Gasteiger partial charge in [0, 0.05) is 0 Å². The number of hydrogen-bond donors (Lipinski definition) is 3. The fourth-order valence-corrected chi connectivity index (χ4v) is 2.76. The number of nitriles is 1. The number of carbonyl (C=O) groups is 1. The molecule has 2 aromatic rings. The number of amides is 2. The highest BCUT2D eigenvalue weighted by atomic mass is 16.2. The largest absolute Gasteiger partial charge is 0.397 e. The van der Waals surface area contributed by atoms with Crippen molar-refractivity contribution in [2.45, 2.75) is 18.9 Å². The van der Waals surface area contributed by atoms with Gasteiger partial charge in [0.2, 0.25) is 0 Å². The maximum absolute atomic E-state index is 12.2. The minimum atomic E-state index is -0.316. The van der Waals surface area contributed by atoms with Gasteiger partial charge in [0.1, 0.15) is 0 Å². The summed E-state index contributed by atoms with van der Waals surface area (Å²) >= 11 is 0. The normalized spacial score (nSPS) is 15.7. The van der Waals surface area contributed by atoms with E-state index in [4.69, 9.17) is 11.0 Å². The molecule has 0 saturated carbocycles. The van der Waals surface area contributed by atoms with Crippen molar-refractivity contribution >= 4 is 17.4 Å². The maximum atomic E-state index is 12.2. The lowest BCUT2D eigenvalue weighted by Crippen LogP contribution is -2.31. The zero-order valence-electron chi connectivity index (χ0n) is 12.0. The highest BCUT2D eigenvalue weighted by molar-refractivity contribution is 5.93. The first-order valence-electron chi connectivity index (χ1n) is 7.12. The van der Waals surface area contributed by atoms with Gasteiger partial charge in [0.15, 0.2) is 0 Å². The van der Waals surface area contributed by atoms with Crippen molar-refractivity contribution in [3.8, 4) is 6.07 Å². The second kappa shape index (κ2) is 5.78. The van der Waals surface area contributed by atoms with E-state index in [1.807, 2.05) is 24.3 Å². The summed E-state index contributed by atoms with van der Waals surface area (Å²) in [5.74, 6) is 0. The average Bonchev–Trinajstić information content (AvgIpc) is 2.93. The molecule has 110 valence electrons. The van der Waals surface area contributed by atoms with E-state index in [-0.39, 0.29) is 12.1 Å². The maximum Gasteiger partial charge on any atom is 0.319 e. The topological polar surface area (TPSA) is 90.9 Å². The molecular formula is C17H16N4O. The van der Waals surface area contributed by atoms with Crippen molar-refractivity contribution < 1.29 is 4.79 Å². The Balaban J connectivity index is 1.71. The van der Waals surface area contributed by atoms with Gasteiger partial charge in [-0.25, -0.2) is 4.79 Å². The molecule has 1 unspecified atom stereocenters. The third-order valence-electron chi connectivity index (χ3n) is 3.87. The number of fused-ring (bicyclic) bond motifs is 1. The Morgan fingerprint density at radius 3 is 2.91 bits per heavy atom. The highest BCUT2D eigenvalue weighted by Crippen LogP contribution is 2.30. The number of benzene rings is 2. The molecule has 0 fully saturated rings. The van der Waals surface area contributed by atoms with E-state index in [9.17, 15) is 4.79 Å². The number of rotatable bonds is 2. The highest BCUT2D eigenvalue weighted by Gasteiger charge is 2.23. The van der Waals surface area contributed by atoms with Crippen LogP contribution in [0.1, 0.15) is 29.2 Å². The van der Waals surface area contributed by atoms with E-state index in [2.05, 4.69) is 16.7 Å². The summed E-state index contributed by atoms with van der Waals surface area (Å²) < 4.78 is 0. The Bertz CT molecular complexity index is 763. The Kier molecular flexibility index (Phi) is 3.67. The van der Waals surface area contributed by atoms with Gasteiger partial charge in [-0.2, -0.15) is 5.26 Å². The van der Waals surface area contributed by atoms with Crippen molar-refractivity contribution in [1.82, 2.24) is 5.32 Å². The third kappa shape index (κ3) is 2.72. The molecule has 0 radical (unpaired) electrons. The van der Waals surface area contributed by atoms with E-state index in [0.29, 0.717) is 16.9 Å². The van der Waals surface area contributed by atoms with Crippen molar-refractivity contribution in [3.63, 3.8) is 0 Å². The first-order valence-corrected chi connectivity index (χ1v) is 7.12. The SMILES string of the molecule is N#Cc1ccc(N)c(NC(=O)NC2CCc3ccccc32)c1. The van der Waals surface area contributed by atoms with E-state index in [1.54, 1.807) is 18.2 Å². The number of hydrogen-bond acceptors (Lipinski definition) is 3. The van der Waals surface area contributed by atoms with Crippen molar-refractivity contribution in [2.24, 2.45) is 0 Å². The molecule has 3 rings (SSSR count). The van der Waals surface area contributed by atoms with Gasteiger partial charge in [0.05, 0.1) is 29.0 Å². The Hall–Kier alpha value is -3.00. The molecule has 5 nitrogen and oxygen atoms in total. The van der Waals surface area contributed by atoms with Crippen LogP contribution in [0.15, 0.2) is 42.5 Å². The fraction of sp³-hybridized carbons (Fsp3) is 0.176. The Morgan fingerprint density at radius 2 is 2.09 bits per heavy atom. The van der Waals surface area contributed by atoms with Crippen LogP contribution in [0.2, 0.25) is 0 Å². The molecule has 1 aliphatic rings. The molecule has 0 saturated heterocycles. The van der Waals surface area contributed by atoms with E-state index < -0.39 is 0 Å². The summed E-state index contributed by atoms with van der Waals surface area (Å²) in [7, 11) is 0. The Morgan fingerprint density at radius 1 is 1.27 bits per heavy atom. The number of nitrogens with one attached hydrogen (secondary N) is 2. The van der Waals surface area contributed by atoms with Gasteiger partial charge in [-0.15, -0.1) is 0 Å². The van der Waals surface area contributed by atoms with Crippen LogP contribution in [0.4, 0.5) is 16.2 Å². The minimum absolute atomic E-state index is 0.0107. The first-order chi connectivity index (χ1) is 10.7. The van der Waals surface area contributed by atoms with Gasteiger partial charge < -0.3 is 16.4 Å². The van der Waals surface area contributed by atoms with E-state index in [1.165, 1.54) is 5.56 Å². The van der Waals surface area contributed by atoms with Gasteiger partial charge >= 0.3 is 6.03 Å². The number of aryl methyl sites for hydroxylation is 1. The monoisotopic (exact) mass is 292 g/mol. The van der Waals surface area contributed by atoms with Crippen molar-refractivity contribution in [1.29, 1.82) is 5.26 Å². The third-order valence-corrected chi connectivity index (χ3v) is 3.87. The molecule has 22 heavy (non-hydrogen) atoms. The van der Waals surface area contributed by atoms with Gasteiger partial charge in [-0.3, -0.25) is 0 Å². The van der Waals surface area contributed by atoms with Gasteiger partial charge in [-0.05, 0) is 42.2 Å². The molecule has 0 aliphatic heterocycles. The number of nitrogens with two attached hydrogens (primary N) is 1. The lowest BCUT2D eigenvalue weighted by atomic mass is 10.1. The van der Waals surface area contributed by atoms with E-state index >= 15 is 0 Å². The summed E-state index contributed by atoms with van der Waals surface area (Å²) in [6.07, 6.45) is 1.85. The van der Waals surface area contributed by atoms with Gasteiger partial charge in [-0.1, -0.05) is 24.3 Å². The Labute approximate surface area is 128 Å². The van der Waals surface area contributed by atoms with Crippen LogP contribution in [-0.2, 0) is 6.42 Å². The number of nitrogens with zero attached hydrogens (tertiary/aromatic N) is 1. The van der Waals surface area contributed by atoms with E-state index in [0.717, 1.165) is 18.4 Å². The molecule has 2 amide bonds. The van der Waals surface area contributed by atoms with Crippen LogP contribution in [0.5, 0.6) is 0 Å². The molecule has 1 aliphatic carbocycles. The first kappa shape index (κ1) is 14.0. The molecule has 5 heteroatoms. The molecule has 0 bridgehead atoms. The average molecular weight is 292 g/mol. The quantitative estimate of drug-likeness (QED) is 0.743. The van der Waals surface area contributed by atoms with Crippen LogP contribution in [-0.4, -0.2) is 6.03 Å². The van der Waals surface area contributed by atoms with Crippen molar-refractivity contribution in [2.75, 3.05) is 11.1 Å². The molecule has 1 atom stereocenters. The zero-order valence-corrected chi connectivity index (χ0v) is 12.0. The van der Waals surface area contributed by atoms with Crippen LogP contribution < -0.4 is 16.4 Å². The molecule has 0 aromatic heterocycles. The van der Waals surface area contributed by atoms with Crippen LogP contribution >= 0.6 is 0 Å². The van der Waals surface area contributed by atoms with Crippen LogP contribution in [0.3, 0.4) is 0 Å². The van der Waals surface area contributed by atoms with Crippen molar-refractivity contribution in [3.05, 3.63) is 59.2 Å². The summed E-state index contributed by atoms with van der Waals surface area (Å²) in [4.78, 5) is 12.2. The van der Waals surface area contributed by atoms with Crippen LogP contribution in [0, 0.1) is 11.3 Å². The predicted octanol–water partition coefficient (Wildman–Crippen LogP) is 2.95. The lowest BCUT2D eigenvalue weighted by molar-refractivity contribution is 0.248. The minimum Gasteiger partial charge on any atom is -0.397 e.